The molecule has 0 N–H and O–H groups in total. The van der Waals surface area contributed by atoms with Crippen LogP contribution >= 0.6 is 23.2 Å². The predicted molar refractivity (Wildman–Crippen MR) is 43.7 cm³/mol. The number of rotatable bonds is 2. The van der Waals surface area contributed by atoms with Crippen LogP contribution in [0.5, 0.6) is 0 Å². The second kappa shape index (κ2) is 4.15. The molecular formula is C7H4Cl2F3N. The average molecular weight is 230 g/mol. The van der Waals surface area contributed by atoms with Gasteiger partial charge in [0.2, 0.25) is 5.95 Å². The van der Waals surface area contributed by atoms with Gasteiger partial charge in [-0.2, -0.15) is 4.39 Å². The number of hydrogen-bond donors (Lipinski definition) is 0. The summed E-state index contributed by atoms with van der Waals surface area (Å²) in [5.74, 6) is -1.24. The van der Waals surface area contributed by atoms with Crippen LogP contribution < -0.4 is 0 Å². The maximum absolute atomic E-state index is 12.8. The standard InChI is InChI=1S/C7H4Cl2F3N/c8-2-3-1-4(6(10)11)13-7(12)5(3)9/h1,6H,2H2. The van der Waals surface area contributed by atoms with Gasteiger partial charge in [0.25, 0.3) is 6.43 Å². The molecule has 0 aromatic carbocycles. The Hall–Kier alpha value is -0.480. The molecule has 0 bridgehead atoms. The number of alkyl halides is 3. The first-order chi connectivity index (χ1) is 6.06. The van der Waals surface area contributed by atoms with E-state index in [9.17, 15) is 13.2 Å². The fourth-order valence-electron chi connectivity index (χ4n) is 0.778. The number of nitrogens with zero attached hydrogens (tertiary/aromatic N) is 1. The van der Waals surface area contributed by atoms with Crippen LogP contribution in [0, 0.1) is 5.95 Å². The van der Waals surface area contributed by atoms with Crippen LogP contribution in [0.1, 0.15) is 17.7 Å². The average Bonchev–Trinajstić information content (AvgIpc) is 2.09. The third kappa shape index (κ3) is 2.25. The molecule has 1 rings (SSSR count). The maximum atomic E-state index is 12.8. The van der Waals surface area contributed by atoms with Crippen molar-refractivity contribution in [3.8, 4) is 0 Å². The lowest BCUT2D eigenvalue weighted by molar-refractivity contribution is 0.144. The highest BCUT2D eigenvalue weighted by molar-refractivity contribution is 6.32. The van der Waals surface area contributed by atoms with Crippen LogP contribution in [-0.2, 0) is 5.88 Å². The van der Waals surface area contributed by atoms with Crippen LogP contribution in [0.2, 0.25) is 5.02 Å². The third-order valence-corrected chi connectivity index (χ3v) is 2.07. The molecule has 0 radical (unpaired) electrons. The van der Waals surface area contributed by atoms with Crippen molar-refractivity contribution >= 4 is 23.2 Å². The number of pyridine rings is 1. The lowest BCUT2D eigenvalue weighted by Crippen LogP contribution is -1.97. The Kier molecular flexibility index (Phi) is 3.39. The first kappa shape index (κ1) is 10.6. The van der Waals surface area contributed by atoms with Crippen molar-refractivity contribution in [3.63, 3.8) is 0 Å². The minimum Gasteiger partial charge on any atom is -0.217 e. The largest absolute Gasteiger partial charge is 0.280 e. The van der Waals surface area contributed by atoms with E-state index in [0.29, 0.717) is 0 Å². The molecule has 1 nitrogen and oxygen atoms in total. The summed E-state index contributed by atoms with van der Waals surface area (Å²) in [6.45, 7) is 0. The van der Waals surface area contributed by atoms with E-state index in [1.807, 2.05) is 0 Å². The first-order valence-corrected chi connectivity index (χ1v) is 4.16. The summed E-state index contributed by atoms with van der Waals surface area (Å²) < 4.78 is 36.9. The highest BCUT2D eigenvalue weighted by Gasteiger charge is 2.15. The molecule has 0 unspecified atom stereocenters. The Morgan fingerprint density at radius 1 is 1.46 bits per heavy atom. The molecule has 0 saturated carbocycles. The van der Waals surface area contributed by atoms with Crippen molar-refractivity contribution in [1.29, 1.82) is 0 Å². The zero-order chi connectivity index (χ0) is 10.0. The minimum atomic E-state index is -2.83. The zero-order valence-corrected chi connectivity index (χ0v) is 7.71. The first-order valence-electron chi connectivity index (χ1n) is 3.25. The summed E-state index contributed by atoms with van der Waals surface area (Å²) in [4.78, 5) is 2.97. The van der Waals surface area contributed by atoms with Crippen molar-refractivity contribution in [2.75, 3.05) is 0 Å². The van der Waals surface area contributed by atoms with E-state index >= 15 is 0 Å². The van der Waals surface area contributed by atoms with Gasteiger partial charge in [-0.1, -0.05) is 11.6 Å². The molecule has 0 saturated heterocycles. The van der Waals surface area contributed by atoms with Gasteiger partial charge in [-0.05, 0) is 11.6 Å². The fraction of sp³-hybridized carbons (Fsp3) is 0.286. The van der Waals surface area contributed by atoms with E-state index < -0.39 is 18.1 Å². The molecule has 0 atom stereocenters. The minimum absolute atomic E-state index is 0.117. The molecule has 13 heavy (non-hydrogen) atoms. The maximum Gasteiger partial charge on any atom is 0.280 e. The summed E-state index contributed by atoms with van der Waals surface area (Å²) in [6, 6.07) is 0.989. The Bertz CT molecular complexity index is 317. The Labute approximate surface area is 82.5 Å². The van der Waals surface area contributed by atoms with Crippen LogP contribution in [0.15, 0.2) is 6.07 Å². The van der Waals surface area contributed by atoms with Crippen molar-refractivity contribution in [2.24, 2.45) is 0 Å². The molecule has 0 aliphatic heterocycles. The van der Waals surface area contributed by atoms with E-state index in [1.54, 1.807) is 0 Å². The van der Waals surface area contributed by atoms with Gasteiger partial charge in [-0.25, -0.2) is 13.8 Å². The van der Waals surface area contributed by atoms with E-state index in [4.69, 9.17) is 23.2 Å². The number of halogens is 5. The molecule has 1 aromatic heterocycles. The van der Waals surface area contributed by atoms with Crippen molar-refractivity contribution in [1.82, 2.24) is 4.98 Å². The highest BCUT2D eigenvalue weighted by atomic mass is 35.5. The molecule has 0 fully saturated rings. The molecule has 6 heteroatoms. The highest BCUT2D eigenvalue weighted by Crippen LogP contribution is 2.25. The Balaban J connectivity index is 3.22. The van der Waals surface area contributed by atoms with Crippen molar-refractivity contribution in [2.45, 2.75) is 12.3 Å². The summed E-state index contributed by atoms with van der Waals surface area (Å²) in [5.41, 5.74) is -0.538. The molecule has 1 heterocycles. The molecule has 0 aliphatic carbocycles. The van der Waals surface area contributed by atoms with Crippen LogP contribution in [-0.4, -0.2) is 4.98 Å². The Morgan fingerprint density at radius 3 is 2.54 bits per heavy atom. The van der Waals surface area contributed by atoms with Gasteiger partial charge in [0.05, 0.1) is 0 Å². The third-order valence-electron chi connectivity index (χ3n) is 1.38. The van der Waals surface area contributed by atoms with Crippen LogP contribution in [0.3, 0.4) is 0 Å². The molecule has 0 amide bonds. The van der Waals surface area contributed by atoms with Crippen molar-refractivity contribution in [3.05, 3.63) is 28.3 Å². The quantitative estimate of drug-likeness (QED) is 0.559. The van der Waals surface area contributed by atoms with E-state index in [2.05, 4.69) is 4.98 Å². The second-order valence-electron chi connectivity index (χ2n) is 2.25. The number of hydrogen-bond acceptors (Lipinski definition) is 1. The van der Waals surface area contributed by atoms with Gasteiger partial charge in [0, 0.05) is 5.88 Å². The molecule has 0 spiro atoms. The van der Waals surface area contributed by atoms with Gasteiger partial charge in [0.15, 0.2) is 0 Å². The van der Waals surface area contributed by atoms with Gasteiger partial charge in [0.1, 0.15) is 10.7 Å². The topological polar surface area (TPSA) is 12.9 Å². The lowest BCUT2D eigenvalue weighted by Gasteiger charge is -2.04. The summed E-state index contributed by atoms with van der Waals surface area (Å²) in [5, 5.41) is -0.306. The zero-order valence-electron chi connectivity index (χ0n) is 6.20. The van der Waals surface area contributed by atoms with Gasteiger partial charge in [-0.15, -0.1) is 11.6 Å². The van der Waals surface area contributed by atoms with Gasteiger partial charge < -0.3 is 0 Å². The predicted octanol–water partition coefficient (Wildman–Crippen LogP) is 3.55. The van der Waals surface area contributed by atoms with Crippen molar-refractivity contribution < 1.29 is 13.2 Å². The fourth-order valence-corrected chi connectivity index (χ4v) is 1.22. The van der Waals surface area contributed by atoms with E-state index in [-0.39, 0.29) is 16.5 Å². The monoisotopic (exact) mass is 229 g/mol. The van der Waals surface area contributed by atoms with Gasteiger partial charge in [-0.3, -0.25) is 0 Å². The number of aromatic nitrogens is 1. The second-order valence-corrected chi connectivity index (χ2v) is 2.89. The molecular weight excluding hydrogens is 226 g/mol. The lowest BCUT2D eigenvalue weighted by atomic mass is 10.2. The summed E-state index contributed by atoms with van der Waals surface area (Å²) in [6.07, 6.45) is -2.83. The SMILES string of the molecule is Fc1nc(C(F)F)cc(CCl)c1Cl. The smallest absolute Gasteiger partial charge is 0.217 e. The normalized spacial score (nSPS) is 10.9. The van der Waals surface area contributed by atoms with Gasteiger partial charge >= 0.3 is 0 Å². The molecule has 72 valence electrons. The molecule has 0 aliphatic rings. The Morgan fingerprint density at radius 2 is 2.08 bits per heavy atom. The summed E-state index contributed by atoms with van der Waals surface area (Å²) >= 11 is 10.8. The van der Waals surface area contributed by atoms with E-state index in [0.717, 1.165) is 6.07 Å². The summed E-state index contributed by atoms with van der Waals surface area (Å²) in [7, 11) is 0. The molecule has 1 aromatic rings. The van der Waals surface area contributed by atoms with Crippen LogP contribution in [0.4, 0.5) is 13.2 Å². The van der Waals surface area contributed by atoms with Crippen LogP contribution in [0.25, 0.3) is 0 Å². The van der Waals surface area contributed by atoms with E-state index in [1.165, 1.54) is 0 Å².